The number of carbonyl (C=O) groups excluding carboxylic acids is 3. The van der Waals surface area contributed by atoms with Crippen molar-refractivity contribution in [3.05, 3.63) is 0 Å². The van der Waals surface area contributed by atoms with Gasteiger partial charge in [0.15, 0.2) is 18.4 Å². The van der Waals surface area contributed by atoms with E-state index in [1.54, 1.807) is 0 Å². The van der Waals surface area contributed by atoms with Crippen molar-refractivity contribution in [1.82, 2.24) is 0 Å². The summed E-state index contributed by atoms with van der Waals surface area (Å²) in [4.78, 5) is 50.8. The van der Waals surface area contributed by atoms with Crippen LogP contribution in [0.1, 0.15) is 20.8 Å². The van der Waals surface area contributed by atoms with Crippen LogP contribution < -0.4 is 0 Å². The minimum absolute atomic E-state index is 0.588. The number of esters is 3. The van der Waals surface area contributed by atoms with Gasteiger partial charge in [-0.2, -0.15) is 0 Å². The molecule has 0 radical (unpaired) electrons. The fraction of sp³-hybridized carbons (Fsp3) is 0.750. The summed E-state index contributed by atoms with van der Waals surface area (Å²) in [7, 11) is -5.11. The van der Waals surface area contributed by atoms with E-state index in [0.29, 0.717) is 0 Å². The molecule has 0 spiro atoms. The van der Waals surface area contributed by atoms with E-state index in [-0.39, 0.29) is 0 Å². The SMILES string of the molecule is CC(=O)OC[C@@H](OC(C)=O)[C@@H]1O[C@H](OP(=O)(O)O)[C@H](OC(C)=O)[C@H]1F. The molecular weight excluding hydrogens is 370 g/mol. The van der Waals surface area contributed by atoms with Crippen LogP contribution in [-0.2, 0) is 42.4 Å². The highest BCUT2D eigenvalue weighted by Crippen LogP contribution is 2.43. The molecule has 1 saturated heterocycles. The third kappa shape index (κ3) is 7.04. The first-order valence-electron chi connectivity index (χ1n) is 6.92. The minimum Gasteiger partial charge on any atom is -0.462 e. The highest BCUT2D eigenvalue weighted by Gasteiger charge is 2.54. The zero-order chi connectivity index (χ0) is 19.4. The first-order chi connectivity index (χ1) is 11.4. The zero-order valence-corrected chi connectivity index (χ0v) is 14.4. The van der Waals surface area contributed by atoms with Gasteiger partial charge in [-0.25, -0.2) is 8.96 Å². The number of alkyl halides is 1. The number of rotatable bonds is 7. The Bertz CT molecular complexity index is 561. The van der Waals surface area contributed by atoms with Gasteiger partial charge in [-0.3, -0.25) is 18.9 Å². The second kappa shape index (κ2) is 8.68. The second-order valence-electron chi connectivity index (χ2n) is 5.03. The van der Waals surface area contributed by atoms with Crippen molar-refractivity contribution in [3.63, 3.8) is 0 Å². The lowest BCUT2D eigenvalue weighted by Crippen LogP contribution is -2.42. The molecule has 5 atom stereocenters. The van der Waals surface area contributed by atoms with Gasteiger partial charge >= 0.3 is 25.7 Å². The van der Waals surface area contributed by atoms with Gasteiger partial charge in [0.25, 0.3) is 0 Å². The van der Waals surface area contributed by atoms with Gasteiger partial charge in [-0.1, -0.05) is 0 Å². The van der Waals surface area contributed by atoms with Crippen LogP contribution in [0.15, 0.2) is 0 Å². The third-order valence-corrected chi connectivity index (χ3v) is 3.35. The summed E-state index contributed by atoms with van der Waals surface area (Å²) in [5.41, 5.74) is 0. The van der Waals surface area contributed by atoms with Crippen molar-refractivity contribution in [1.29, 1.82) is 0 Å². The van der Waals surface area contributed by atoms with Crippen molar-refractivity contribution >= 4 is 25.7 Å². The number of phosphoric acid groups is 1. The molecule has 1 heterocycles. The summed E-state index contributed by atoms with van der Waals surface area (Å²) in [6, 6.07) is 0. The van der Waals surface area contributed by atoms with Crippen molar-refractivity contribution in [3.8, 4) is 0 Å². The summed E-state index contributed by atoms with van der Waals surface area (Å²) in [6.07, 6.45) is -9.09. The predicted molar refractivity (Wildman–Crippen MR) is 74.4 cm³/mol. The summed E-state index contributed by atoms with van der Waals surface area (Å²) < 4.78 is 49.0. The number of ether oxygens (including phenoxy) is 4. The number of halogens is 1. The molecule has 1 fully saturated rings. The van der Waals surface area contributed by atoms with Crippen molar-refractivity contribution in [2.45, 2.75) is 51.5 Å². The normalized spacial score (nSPS) is 27.4. The van der Waals surface area contributed by atoms with Crippen LogP contribution in [-0.4, -0.2) is 65.1 Å². The quantitative estimate of drug-likeness (QED) is 0.332. The minimum atomic E-state index is -5.11. The van der Waals surface area contributed by atoms with Gasteiger partial charge in [0.1, 0.15) is 12.7 Å². The fourth-order valence-electron chi connectivity index (χ4n) is 2.08. The van der Waals surface area contributed by atoms with Gasteiger partial charge < -0.3 is 28.7 Å². The third-order valence-electron chi connectivity index (χ3n) is 2.87. The Morgan fingerprint density at radius 2 is 1.76 bits per heavy atom. The highest BCUT2D eigenvalue weighted by molar-refractivity contribution is 7.46. The van der Waals surface area contributed by atoms with E-state index in [1.165, 1.54) is 0 Å². The molecule has 0 unspecified atom stereocenters. The molecule has 1 rings (SSSR count). The van der Waals surface area contributed by atoms with Gasteiger partial charge in [-0.15, -0.1) is 0 Å². The standard InChI is InChI=1S/C12H18FO11P/c1-5(14)20-4-8(21-6(2)15)10-9(13)11(22-7(3)16)12(23-10)24-25(17,18)19/h8-12H,4H2,1-3H3,(H2,17,18,19)/t8-,9+,10+,11-,12-/m1/s1. The average Bonchev–Trinajstić information content (AvgIpc) is 2.69. The summed E-state index contributed by atoms with van der Waals surface area (Å²) in [5, 5.41) is 0. The maximum atomic E-state index is 14.6. The zero-order valence-electron chi connectivity index (χ0n) is 13.5. The van der Waals surface area contributed by atoms with Crippen LogP contribution in [0.3, 0.4) is 0 Å². The molecule has 2 N–H and O–H groups in total. The van der Waals surface area contributed by atoms with Crippen LogP contribution in [0.5, 0.6) is 0 Å². The van der Waals surface area contributed by atoms with Crippen LogP contribution >= 0.6 is 7.82 Å². The molecule has 1 aliphatic heterocycles. The highest BCUT2D eigenvalue weighted by atomic mass is 31.2. The van der Waals surface area contributed by atoms with E-state index in [2.05, 4.69) is 14.0 Å². The molecule has 0 aromatic heterocycles. The molecule has 144 valence electrons. The first kappa shape index (κ1) is 21.5. The van der Waals surface area contributed by atoms with Gasteiger partial charge in [0.2, 0.25) is 6.29 Å². The molecule has 0 aliphatic carbocycles. The summed E-state index contributed by atoms with van der Waals surface area (Å²) >= 11 is 0. The van der Waals surface area contributed by atoms with Crippen LogP contribution in [0.4, 0.5) is 4.39 Å². The molecule has 25 heavy (non-hydrogen) atoms. The van der Waals surface area contributed by atoms with E-state index in [1.807, 2.05) is 0 Å². The Balaban J connectivity index is 3.01. The molecular formula is C12H18FO11P. The van der Waals surface area contributed by atoms with E-state index in [4.69, 9.17) is 19.3 Å². The summed E-state index contributed by atoms with van der Waals surface area (Å²) in [5.74, 6) is -2.55. The lowest BCUT2D eigenvalue weighted by atomic mass is 10.1. The van der Waals surface area contributed by atoms with Crippen molar-refractivity contribution in [2.24, 2.45) is 0 Å². The fourth-order valence-corrected chi connectivity index (χ4v) is 2.52. The van der Waals surface area contributed by atoms with E-state index < -0.39 is 63.1 Å². The van der Waals surface area contributed by atoms with Gasteiger partial charge in [-0.05, 0) is 0 Å². The van der Waals surface area contributed by atoms with Crippen LogP contribution in [0, 0.1) is 0 Å². The topological polar surface area (TPSA) is 155 Å². The largest absolute Gasteiger partial charge is 0.472 e. The number of hydrogen-bond acceptors (Lipinski definition) is 9. The average molecular weight is 388 g/mol. The molecule has 11 nitrogen and oxygen atoms in total. The maximum absolute atomic E-state index is 14.6. The van der Waals surface area contributed by atoms with Gasteiger partial charge in [0, 0.05) is 20.8 Å². The van der Waals surface area contributed by atoms with E-state index in [9.17, 15) is 23.3 Å². The Labute approximate surface area is 141 Å². The Hall–Kier alpha value is -1.59. The Kier molecular flexibility index (Phi) is 7.44. The number of carbonyl (C=O) groups is 3. The predicted octanol–water partition coefficient (Wildman–Crippen LogP) is -0.415. The Morgan fingerprint density at radius 1 is 1.16 bits per heavy atom. The lowest BCUT2D eigenvalue weighted by Gasteiger charge is -2.23. The smallest absolute Gasteiger partial charge is 0.462 e. The maximum Gasteiger partial charge on any atom is 0.472 e. The molecule has 0 aromatic carbocycles. The summed E-state index contributed by atoms with van der Waals surface area (Å²) in [6.45, 7) is 2.43. The van der Waals surface area contributed by atoms with E-state index in [0.717, 1.165) is 20.8 Å². The lowest BCUT2D eigenvalue weighted by molar-refractivity contribution is -0.181. The van der Waals surface area contributed by atoms with E-state index >= 15 is 0 Å². The molecule has 0 saturated carbocycles. The monoisotopic (exact) mass is 388 g/mol. The molecule has 0 amide bonds. The first-order valence-corrected chi connectivity index (χ1v) is 8.45. The number of phosphoric ester groups is 1. The van der Waals surface area contributed by atoms with Crippen molar-refractivity contribution < 1.29 is 56.6 Å². The van der Waals surface area contributed by atoms with Crippen LogP contribution in [0.2, 0.25) is 0 Å². The number of hydrogen-bond donors (Lipinski definition) is 2. The van der Waals surface area contributed by atoms with Crippen LogP contribution in [0.25, 0.3) is 0 Å². The second-order valence-corrected chi connectivity index (χ2v) is 6.23. The van der Waals surface area contributed by atoms with Crippen molar-refractivity contribution in [2.75, 3.05) is 6.61 Å². The Morgan fingerprint density at radius 3 is 2.20 bits per heavy atom. The molecule has 13 heteroatoms. The molecule has 0 bridgehead atoms. The molecule has 0 aromatic rings. The molecule has 1 aliphatic rings. The van der Waals surface area contributed by atoms with Gasteiger partial charge in [0.05, 0.1) is 0 Å².